The molecule has 2 rings (SSSR count). The van der Waals surface area contributed by atoms with Crippen molar-refractivity contribution in [1.29, 1.82) is 0 Å². The van der Waals surface area contributed by atoms with Crippen molar-refractivity contribution in [2.24, 2.45) is 0 Å². The van der Waals surface area contributed by atoms with Crippen molar-refractivity contribution >= 4 is 43.5 Å². The Kier molecular flexibility index (Phi) is 4.31. The van der Waals surface area contributed by atoms with E-state index in [2.05, 4.69) is 37.2 Å². The Morgan fingerprint density at radius 2 is 1.89 bits per heavy atom. The van der Waals surface area contributed by atoms with Crippen LogP contribution in [0.5, 0.6) is 0 Å². The zero-order chi connectivity index (χ0) is 14.0. The molecule has 1 heterocycles. The Morgan fingerprint density at radius 1 is 1.26 bits per heavy atom. The summed E-state index contributed by atoms with van der Waals surface area (Å²) in [7, 11) is 0. The summed E-state index contributed by atoms with van der Waals surface area (Å²) in [6, 6.07) is 8.72. The Bertz CT molecular complexity index is 589. The monoisotopic (exact) mass is 387 g/mol. The summed E-state index contributed by atoms with van der Waals surface area (Å²) in [4.78, 5) is 10.8. The van der Waals surface area contributed by atoms with Crippen LogP contribution in [0.15, 0.2) is 43.7 Å². The number of para-hydroxylation sites is 1. The van der Waals surface area contributed by atoms with Gasteiger partial charge in [-0.25, -0.2) is 4.79 Å². The molecule has 0 spiro atoms. The van der Waals surface area contributed by atoms with Crippen molar-refractivity contribution in [3.63, 3.8) is 0 Å². The van der Waals surface area contributed by atoms with Gasteiger partial charge in [0, 0.05) is 8.95 Å². The summed E-state index contributed by atoms with van der Waals surface area (Å²) in [6.45, 7) is 1.90. The average molecular weight is 389 g/mol. The first-order valence-electron chi connectivity index (χ1n) is 5.52. The number of benzene rings is 1. The number of nitrogens with one attached hydrogen (secondary N) is 1. The summed E-state index contributed by atoms with van der Waals surface area (Å²) in [6.07, 6.45) is 0. The predicted octanol–water partition coefficient (Wildman–Crippen LogP) is 4.68. The van der Waals surface area contributed by atoms with Gasteiger partial charge in [-0.15, -0.1) is 0 Å². The van der Waals surface area contributed by atoms with E-state index >= 15 is 0 Å². The van der Waals surface area contributed by atoms with Crippen molar-refractivity contribution in [3.05, 3.63) is 50.8 Å². The van der Waals surface area contributed by atoms with Crippen LogP contribution < -0.4 is 5.32 Å². The first kappa shape index (κ1) is 14.1. The van der Waals surface area contributed by atoms with Gasteiger partial charge in [0.1, 0.15) is 5.76 Å². The number of anilines is 1. The molecule has 100 valence electrons. The van der Waals surface area contributed by atoms with E-state index in [1.165, 1.54) is 6.07 Å². The van der Waals surface area contributed by atoms with Gasteiger partial charge in [0.25, 0.3) is 0 Å². The molecule has 0 aliphatic rings. The average Bonchev–Trinajstić information content (AvgIpc) is 2.83. The zero-order valence-corrected chi connectivity index (χ0v) is 13.2. The molecule has 19 heavy (non-hydrogen) atoms. The third-order valence-electron chi connectivity index (χ3n) is 2.59. The van der Waals surface area contributed by atoms with Gasteiger partial charge >= 0.3 is 5.97 Å². The van der Waals surface area contributed by atoms with E-state index in [4.69, 9.17) is 9.52 Å². The van der Waals surface area contributed by atoms with Crippen LogP contribution in [0.2, 0.25) is 0 Å². The Balaban J connectivity index is 2.20. The van der Waals surface area contributed by atoms with Gasteiger partial charge in [-0.1, -0.05) is 6.07 Å². The van der Waals surface area contributed by atoms with Crippen LogP contribution in [0.3, 0.4) is 0 Å². The van der Waals surface area contributed by atoms with Crippen LogP contribution >= 0.6 is 31.9 Å². The summed E-state index contributed by atoms with van der Waals surface area (Å²) >= 11 is 6.92. The van der Waals surface area contributed by atoms with Crippen molar-refractivity contribution in [2.45, 2.75) is 13.0 Å². The number of rotatable bonds is 4. The summed E-state index contributed by atoms with van der Waals surface area (Å²) < 4.78 is 7.10. The van der Waals surface area contributed by atoms with Gasteiger partial charge in [0.15, 0.2) is 0 Å². The van der Waals surface area contributed by atoms with E-state index in [0.717, 1.165) is 14.6 Å². The lowest BCUT2D eigenvalue weighted by Crippen LogP contribution is -2.06. The number of carbonyl (C=O) groups is 1. The second kappa shape index (κ2) is 5.79. The van der Waals surface area contributed by atoms with E-state index in [1.54, 1.807) is 6.07 Å². The minimum atomic E-state index is -1.07. The Labute approximate surface area is 127 Å². The molecule has 0 aliphatic carbocycles. The number of hydrogen-bond donors (Lipinski definition) is 2. The van der Waals surface area contributed by atoms with Crippen LogP contribution in [0.25, 0.3) is 0 Å². The summed E-state index contributed by atoms with van der Waals surface area (Å²) in [5.41, 5.74) is 0.892. The normalized spacial score (nSPS) is 12.2. The molecule has 0 saturated heterocycles. The SMILES string of the molecule is CC(Nc1c(Br)cccc1Br)c1ccc(C(=O)O)o1. The second-order valence-electron chi connectivity index (χ2n) is 3.97. The molecule has 0 radical (unpaired) electrons. The highest BCUT2D eigenvalue weighted by atomic mass is 79.9. The molecule has 0 bridgehead atoms. The lowest BCUT2D eigenvalue weighted by Gasteiger charge is -2.15. The van der Waals surface area contributed by atoms with Crippen LogP contribution in [0, 0.1) is 0 Å². The Morgan fingerprint density at radius 3 is 2.42 bits per heavy atom. The van der Waals surface area contributed by atoms with Crippen LogP contribution in [-0.4, -0.2) is 11.1 Å². The topological polar surface area (TPSA) is 62.5 Å². The first-order chi connectivity index (χ1) is 8.99. The number of carboxylic acid groups (broad SMARTS) is 1. The van der Waals surface area contributed by atoms with Crippen molar-refractivity contribution in [2.75, 3.05) is 5.32 Å². The minimum Gasteiger partial charge on any atom is -0.475 e. The number of carboxylic acids is 1. The third-order valence-corrected chi connectivity index (χ3v) is 3.91. The number of aromatic carboxylic acids is 1. The molecule has 1 aromatic heterocycles. The van der Waals surface area contributed by atoms with E-state index < -0.39 is 5.97 Å². The maximum absolute atomic E-state index is 10.8. The van der Waals surface area contributed by atoms with Gasteiger partial charge in [0.05, 0.1) is 11.7 Å². The molecule has 0 aliphatic heterocycles. The fourth-order valence-corrected chi connectivity index (χ4v) is 2.85. The molecule has 2 aromatic rings. The lowest BCUT2D eigenvalue weighted by molar-refractivity contribution is 0.0660. The third kappa shape index (κ3) is 3.19. The molecule has 2 N–H and O–H groups in total. The van der Waals surface area contributed by atoms with Crippen LogP contribution in [0.4, 0.5) is 5.69 Å². The fraction of sp³-hybridized carbons (Fsp3) is 0.154. The van der Waals surface area contributed by atoms with E-state index in [9.17, 15) is 4.79 Å². The highest BCUT2D eigenvalue weighted by molar-refractivity contribution is 9.11. The highest BCUT2D eigenvalue weighted by Crippen LogP contribution is 2.33. The molecule has 1 aromatic carbocycles. The predicted molar refractivity (Wildman–Crippen MR) is 79.5 cm³/mol. The van der Waals surface area contributed by atoms with Crippen molar-refractivity contribution in [3.8, 4) is 0 Å². The maximum atomic E-state index is 10.8. The molecular formula is C13H11Br2NO3. The molecule has 1 atom stereocenters. The van der Waals surface area contributed by atoms with Gasteiger partial charge in [-0.2, -0.15) is 0 Å². The molecule has 0 amide bonds. The maximum Gasteiger partial charge on any atom is 0.371 e. The van der Waals surface area contributed by atoms with E-state index in [1.807, 2.05) is 25.1 Å². The molecule has 0 saturated carbocycles. The quantitative estimate of drug-likeness (QED) is 0.798. The van der Waals surface area contributed by atoms with Crippen molar-refractivity contribution in [1.82, 2.24) is 0 Å². The molecule has 1 unspecified atom stereocenters. The summed E-state index contributed by atoms with van der Waals surface area (Å²) in [5, 5.41) is 12.1. The van der Waals surface area contributed by atoms with E-state index in [0.29, 0.717) is 5.76 Å². The van der Waals surface area contributed by atoms with Gasteiger partial charge in [-0.3, -0.25) is 0 Å². The molecular weight excluding hydrogens is 378 g/mol. The number of halogens is 2. The molecule has 6 heteroatoms. The first-order valence-corrected chi connectivity index (χ1v) is 7.11. The number of hydrogen-bond acceptors (Lipinski definition) is 3. The summed E-state index contributed by atoms with van der Waals surface area (Å²) in [5.74, 6) is -0.560. The van der Waals surface area contributed by atoms with Gasteiger partial charge < -0.3 is 14.8 Å². The van der Waals surface area contributed by atoms with Crippen LogP contribution in [0.1, 0.15) is 29.3 Å². The van der Waals surface area contributed by atoms with Gasteiger partial charge in [0.2, 0.25) is 5.76 Å². The molecule has 4 nitrogen and oxygen atoms in total. The highest BCUT2D eigenvalue weighted by Gasteiger charge is 2.15. The van der Waals surface area contributed by atoms with Crippen LogP contribution in [-0.2, 0) is 0 Å². The van der Waals surface area contributed by atoms with E-state index in [-0.39, 0.29) is 11.8 Å². The second-order valence-corrected chi connectivity index (χ2v) is 5.68. The Hall–Kier alpha value is -1.27. The largest absolute Gasteiger partial charge is 0.475 e. The molecule has 0 fully saturated rings. The number of furan rings is 1. The fourth-order valence-electron chi connectivity index (χ4n) is 1.62. The van der Waals surface area contributed by atoms with Gasteiger partial charge in [-0.05, 0) is 63.0 Å². The minimum absolute atomic E-state index is 0.0603. The van der Waals surface area contributed by atoms with Crippen molar-refractivity contribution < 1.29 is 14.3 Å². The smallest absolute Gasteiger partial charge is 0.371 e. The zero-order valence-electron chi connectivity index (χ0n) is 9.98. The standard InChI is InChI=1S/C13H11Br2NO3/c1-7(10-5-6-11(19-10)13(17)18)16-12-8(14)3-2-4-9(12)15/h2-7,16H,1H3,(H,17,18). The lowest BCUT2D eigenvalue weighted by atomic mass is 10.2.